The third kappa shape index (κ3) is 9.96. The molecule has 0 aliphatic carbocycles. The monoisotopic (exact) mass is 785 g/mol. The highest BCUT2D eigenvalue weighted by atomic mass is 35.5. The van der Waals surface area contributed by atoms with Crippen LogP contribution in [0.2, 0.25) is 5.02 Å². The van der Waals surface area contributed by atoms with E-state index in [2.05, 4.69) is 22.2 Å². The van der Waals surface area contributed by atoms with E-state index in [-0.39, 0.29) is 41.4 Å². The highest BCUT2D eigenvalue weighted by molar-refractivity contribution is 6.31. The van der Waals surface area contributed by atoms with Crippen molar-refractivity contribution in [1.29, 1.82) is 0 Å². The number of halogens is 2. The van der Waals surface area contributed by atoms with Crippen LogP contribution in [0.15, 0.2) is 83.8 Å². The maximum atomic E-state index is 15.5. The van der Waals surface area contributed by atoms with Gasteiger partial charge in [0.1, 0.15) is 17.9 Å². The average molecular weight is 786 g/mol. The Morgan fingerprint density at radius 1 is 1.07 bits per heavy atom. The summed E-state index contributed by atoms with van der Waals surface area (Å²) < 4.78 is 34.0. The van der Waals surface area contributed by atoms with Gasteiger partial charge in [-0.25, -0.2) is 18.8 Å². The fraction of sp³-hybridized carbons (Fsp3) is 0.395. The SMILES string of the molecule is CCC[C@@H]1COC[C@@H](c2ccc(-n3cc4cc(-c5cc(CCC[C@H](C)NC(=O)OCc6ccccc6)cc(Cl)c5F)[nH]c4nc3=O)cc2)N1C(=O)OC(C)(C)C. The molecule has 1 saturated heterocycles. The first kappa shape index (κ1) is 40.5. The van der Waals surface area contributed by atoms with Crippen LogP contribution in [-0.2, 0) is 27.2 Å². The molecule has 1 fully saturated rings. The number of nitrogens with zero attached hydrogens (tertiary/aromatic N) is 3. The van der Waals surface area contributed by atoms with Crippen LogP contribution in [0.5, 0.6) is 0 Å². The zero-order chi connectivity index (χ0) is 40.0. The highest BCUT2D eigenvalue weighted by Gasteiger charge is 2.38. The number of alkyl carbamates (subject to hydrolysis) is 1. The number of aromatic nitrogens is 3. The molecule has 2 aromatic heterocycles. The zero-order valence-electron chi connectivity index (χ0n) is 32.4. The number of aryl methyl sites for hydroxylation is 1. The van der Waals surface area contributed by atoms with Crippen molar-refractivity contribution in [2.75, 3.05) is 13.2 Å². The van der Waals surface area contributed by atoms with Crippen LogP contribution in [-0.4, -0.2) is 62.5 Å². The number of carbonyl (C=O) groups is 2. The van der Waals surface area contributed by atoms with Crippen LogP contribution in [0.25, 0.3) is 28.0 Å². The Labute approximate surface area is 331 Å². The summed E-state index contributed by atoms with van der Waals surface area (Å²) in [7, 11) is 0. The summed E-state index contributed by atoms with van der Waals surface area (Å²) in [5.41, 5.74) is 3.00. The predicted molar refractivity (Wildman–Crippen MR) is 215 cm³/mol. The largest absolute Gasteiger partial charge is 0.445 e. The molecule has 1 aliphatic rings. The molecule has 11 nitrogen and oxygen atoms in total. The molecular formula is C43H49ClFN5O6. The highest BCUT2D eigenvalue weighted by Crippen LogP contribution is 2.33. The van der Waals surface area contributed by atoms with E-state index in [9.17, 15) is 14.4 Å². The molecule has 296 valence electrons. The normalized spacial score (nSPS) is 16.4. The van der Waals surface area contributed by atoms with E-state index in [0.29, 0.717) is 54.9 Å². The maximum absolute atomic E-state index is 15.5. The van der Waals surface area contributed by atoms with Crippen LogP contribution >= 0.6 is 11.6 Å². The standard InChI is InChI=1S/C43H49ClFN5O6/c1-6-11-33-25-54-26-37(50(33)42(53)56-43(3,4)5)30-16-18-32(19-17-30)49-23-31-22-36(47-39(31)48-40(49)51)34-20-29(21-35(44)38(34)45)15-10-12-27(2)46-41(52)55-24-28-13-8-7-9-14-28/h7-9,13-14,16-23,27,33,37H,6,10-12,15,24-26H2,1-5H3,(H,46,52)(H,47,48,51)/t27-,33+,37-/m0/s1. The quantitative estimate of drug-likeness (QED) is 0.129. The Morgan fingerprint density at radius 3 is 2.54 bits per heavy atom. The van der Waals surface area contributed by atoms with Crippen molar-refractivity contribution in [3.05, 3.63) is 117 Å². The van der Waals surface area contributed by atoms with Gasteiger partial charge in [0.25, 0.3) is 0 Å². The van der Waals surface area contributed by atoms with E-state index in [1.165, 1.54) is 4.57 Å². The minimum Gasteiger partial charge on any atom is -0.445 e. The van der Waals surface area contributed by atoms with Gasteiger partial charge in [0.15, 0.2) is 5.82 Å². The van der Waals surface area contributed by atoms with Crippen molar-refractivity contribution >= 4 is 34.8 Å². The van der Waals surface area contributed by atoms with E-state index in [4.69, 9.17) is 25.8 Å². The molecule has 2 N–H and O–H groups in total. The van der Waals surface area contributed by atoms with Crippen LogP contribution in [0, 0.1) is 5.82 Å². The lowest BCUT2D eigenvalue weighted by Crippen LogP contribution is -2.52. The number of H-pyrrole nitrogens is 1. The summed E-state index contributed by atoms with van der Waals surface area (Å²) >= 11 is 6.37. The molecule has 5 aromatic rings. The molecule has 0 radical (unpaired) electrons. The molecule has 6 rings (SSSR count). The first-order chi connectivity index (χ1) is 26.8. The second kappa shape index (κ2) is 17.7. The van der Waals surface area contributed by atoms with Crippen molar-refractivity contribution in [1.82, 2.24) is 24.8 Å². The summed E-state index contributed by atoms with van der Waals surface area (Å²) in [6, 6.07) is 21.3. The fourth-order valence-corrected chi connectivity index (χ4v) is 7.19. The minimum absolute atomic E-state index is 0.0194. The lowest BCUT2D eigenvalue weighted by Gasteiger charge is -2.42. The number of hydrogen-bond donors (Lipinski definition) is 2. The molecule has 3 atom stereocenters. The third-order valence-corrected chi connectivity index (χ3v) is 9.94. The first-order valence-corrected chi connectivity index (χ1v) is 19.4. The number of nitrogens with one attached hydrogen (secondary N) is 2. The topological polar surface area (TPSA) is 128 Å². The van der Waals surface area contributed by atoms with E-state index < -0.39 is 23.2 Å². The van der Waals surface area contributed by atoms with Crippen molar-refractivity contribution < 1.29 is 28.2 Å². The van der Waals surface area contributed by atoms with E-state index >= 15 is 4.39 Å². The van der Waals surface area contributed by atoms with Gasteiger partial charge < -0.3 is 24.5 Å². The van der Waals surface area contributed by atoms with Gasteiger partial charge in [0, 0.05) is 23.2 Å². The van der Waals surface area contributed by atoms with Gasteiger partial charge in [-0.1, -0.05) is 67.4 Å². The van der Waals surface area contributed by atoms with Crippen molar-refractivity contribution in [2.24, 2.45) is 0 Å². The van der Waals surface area contributed by atoms with Gasteiger partial charge in [0.2, 0.25) is 0 Å². The van der Waals surface area contributed by atoms with Crippen molar-refractivity contribution in [2.45, 2.75) is 97.1 Å². The third-order valence-electron chi connectivity index (χ3n) is 9.66. The van der Waals surface area contributed by atoms with Gasteiger partial charge in [-0.3, -0.25) is 9.47 Å². The lowest BCUT2D eigenvalue weighted by atomic mass is 10.00. The number of amides is 2. The Balaban J connectivity index is 1.14. The van der Waals surface area contributed by atoms with Gasteiger partial charge in [-0.05, 0) is 100 Å². The Morgan fingerprint density at radius 2 is 1.82 bits per heavy atom. The van der Waals surface area contributed by atoms with Gasteiger partial charge in [0.05, 0.1) is 41.7 Å². The van der Waals surface area contributed by atoms with Crippen LogP contribution in [0.3, 0.4) is 0 Å². The summed E-state index contributed by atoms with van der Waals surface area (Å²) in [5, 5.41) is 3.44. The first-order valence-electron chi connectivity index (χ1n) is 19.1. The van der Waals surface area contributed by atoms with Crippen LogP contribution in [0.1, 0.15) is 83.0 Å². The minimum atomic E-state index is -0.647. The maximum Gasteiger partial charge on any atom is 0.411 e. The molecular weight excluding hydrogens is 737 g/mol. The Hall–Kier alpha value is -5.20. The molecule has 13 heteroatoms. The van der Waals surface area contributed by atoms with Gasteiger partial charge in [-0.2, -0.15) is 4.98 Å². The van der Waals surface area contributed by atoms with Crippen LogP contribution < -0.4 is 11.0 Å². The summed E-state index contributed by atoms with van der Waals surface area (Å²) in [5.74, 6) is -0.586. The Bertz CT molecular complexity index is 2200. The van der Waals surface area contributed by atoms with Gasteiger partial charge >= 0.3 is 17.9 Å². The molecule has 1 aliphatic heterocycles. The number of fused-ring (bicyclic) bond motifs is 1. The van der Waals surface area contributed by atoms with E-state index in [0.717, 1.165) is 29.5 Å². The number of rotatable bonds is 12. The summed E-state index contributed by atoms with van der Waals surface area (Å²) in [6.07, 6.45) is 4.44. The van der Waals surface area contributed by atoms with Crippen molar-refractivity contribution in [3.63, 3.8) is 0 Å². The molecule has 3 heterocycles. The summed E-state index contributed by atoms with van der Waals surface area (Å²) in [4.78, 5) is 48.1. The fourth-order valence-electron chi connectivity index (χ4n) is 6.95. The molecule has 0 spiro atoms. The van der Waals surface area contributed by atoms with Crippen molar-refractivity contribution in [3.8, 4) is 16.9 Å². The summed E-state index contributed by atoms with van der Waals surface area (Å²) in [6.45, 7) is 10.5. The number of ether oxygens (including phenoxy) is 3. The van der Waals surface area contributed by atoms with E-state index in [1.54, 1.807) is 29.3 Å². The van der Waals surface area contributed by atoms with Crippen LogP contribution in [0.4, 0.5) is 14.0 Å². The van der Waals surface area contributed by atoms with E-state index in [1.807, 2.05) is 82.3 Å². The second-order valence-electron chi connectivity index (χ2n) is 15.3. The molecule has 56 heavy (non-hydrogen) atoms. The number of aromatic amines is 1. The zero-order valence-corrected chi connectivity index (χ0v) is 33.2. The number of morpholine rings is 1. The molecule has 0 unspecified atom stereocenters. The van der Waals surface area contributed by atoms with Gasteiger partial charge in [-0.15, -0.1) is 0 Å². The average Bonchev–Trinajstić information content (AvgIpc) is 3.57. The molecule has 3 aromatic carbocycles. The molecule has 0 bridgehead atoms. The number of carbonyl (C=O) groups excluding carboxylic acids is 2. The molecule has 2 amide bonds. The lowest BCUT2D eigenvalue weighted by molar-refractivity contribution is -0.0638. The number of hydrogen-bond acceptors (Lipinski definition) is 7. The Kier molecular flexibility index (Phi) is 12.8. The molecule has 0 saturated carbocycles. The number of benzene rings is 3. The predicted octanol–water partition coefficient (Wildman–Crippen LogP) is 9.29. The smallest absolute Gasteiger partial charge is 0.411 e. The second-order valence-corrected chi connectivity index (χ2v) is 15.7.